The van der Waals surface area contributed by atoms with Crippen LogP contribution in [0.25, 0.3) is 0 Å². The molecule has 0 fully saturated rings. The lowest BCUT2D eigenvalue weighted by molar-refractivity contribution is 0.580. The van der Waals surface area contributed by atoms with Crippen LogP contribution in [0.4, 0.5) is 0 Å². The second-order valence-corrected chi connectivity index (χ2v) is 6.68. The molecule has 110 valence electrons. The molecule has 0 aliphatic rings. The van der Waals surface area contributed by atoms with Crippen molar-refractivity contribution in [3.05, 3.63) is 17.0 Å². The summed E-state index contributed by atoms with van der Waals surface area (Å²) in [4.78, 5) is 0. The van der Waals surface area contributed by atoms with Crippen molar-refractivity contribution < 1.29 is 0 Å². The van der Waals surface area contributed by atoms with Gasteiger partial charge in [-0.3, -0.25) is 4.68 Å². The van der Waals surface area contributed by atoms with Gasteiger partial charge in [-0.2, -0.15) is 16.9 Å². The Bertz CT molecular complexity index is 372. The number of rotatable bonds is 9. The van der Waals surface area contributed by atoms with Gasteiger partial charge in [-0.15, -0.1) is 0 Å². The van der Waals surface area contributed by atoms with Gasteiger partial charge in [-0.05, 0) is 50.3 Å². The van der Waals surface area contributed by atoms with E-state index >= 15 is 0 Å². The van der Waals surface area contributed by atoms with Gasteiger partial charge < -0.3 is 5.32 Å². The van der Waals surface area contributed by atoms with Gasteiger partial charge in [0, 0.05) is 18.3 Å². The first-order valence-corrected chi connectivity index (χ1v) is 8.55. The zero-order valence-electron chi connectivity index (χ0n) is 13.1. The van der Waals surface area contributed by atoms with E-state index in [2.05, 4.69) is 49.7 Å². The third-order valence-electron chi connectivity index (χ3n) is 3.32. The fourth-order valence-electron chi connectivity index (χ4n) is 2.26. The van der Waals surface area contributed by atoms with Crippen molar-refractivity contribution in [2.75, 3.05) is 18.1 Å². The molecular formula is C15H29N3S. The van der Waals surface area contributed by atoms with Crippen molar-refractivity contribution in [1.82, 2.24) is 15.1 Å². The summed E-state index contributed by atoms with van der Waals surface area (Å²) >= 11 is 2.01. The zero-order valence-corrected chi connectivity index (χ0v) is 13.9. The highest BCUT2D eigenvalue weighted by molar-refractivity contribution is 7.99. The third kappa shape index (κ3) is 5.57. The molecule has 1 aromatic heterocycles. The summed E-state index contributed by atoms with van der Waals surface area (Å²) in [5.74, 6) is 2.45. The number of nitrogens with zero attached hydrogens (tertiary/aromatic N) is 2. The molecule has 19 heavy (non-hydrogen) atoms. The topological polar surface area (TPSA) is 29.9 Å². The number of thioether (sulfide) groups is 1. The Morgan fingerprint density at radius 1 is 1.32 bits per heavy atom. The van der Waals surface area contributed by atoms with E-state index in [0.29, 0.717) is 6.04 Å². The molecule has 3 nitrogen and oxygen atoms in total. The molecule has 1 N–H and O–H groups in total. The average molecular weight is 283 g/mol. The van der Waals surface area contributed by atoms with E-state index in [9.17, 15) is 0 Å². The van der Waals surface area contributed by atoms with Gasteiger partial charge in [0.2, 0.25) is 0 Å². The second-order valence-electron chi connectivity index (χ2n) is 5.28. The second kappa shape index (κ2) is 8.64. The van der Waals surface area contributed by atoms with Crippen LogP contribution in [0.1, 0.15) is 44.1 Å². The molecule has 4 heteroatoms. The highest BCUT2D eigenvalue weighted by atomic mass is 32.2. The summed E-state index contributed by atoms with van der Waals surface area (Å²) in [5, 5.41) is 8.16. The number of nitrogens with one attached hydrogen (secondary N) is 1. The lowest BCUT2D eigenvalue weighted by atomic mass is 10.1. The molecule has 0 bridgehead atoms. The number of hydrogen-bond acceptors (Lipinski definition) is 3. The van der Waals surface area contributed by atoms with Crippen LogP contribution in [-0.4, -0.2) is 33.9 Å². The quantitative estimate of drug-likeness (QED) is 0.706. The number of hydrogen-bond donors (Lipinski definition) is 1. The molecule has 0 saturated heterocycles. The molecule has 0 unspecified atom stereocenters. The Labute approximate surface area is 122 Å². The van der Waals surface area contributed by atoms with Crippen molar-refractivity contribution >= 4 is 11.8 Å². The largest absolute Gasteiger partial charge is 0.314 e. The smallest absolute Gasteiger partial charge is 0.0628 e. The average Bonchev–Trinajstić information content (AvgIpc) is 2.62. The molecule has 1 heterocycles. The van der Waals surface area contributed by atoms with Crippen molar-refractivity contribution in [2.45, 2.75) is 60.0 Å². The van der Waals surface area contributed by atoms with Gasteiger partial charge in [0.15, 0.2) is 0 Å². The van der Waals surface area contributed by atoms with Crippen molar-refractivity contribution in [3.63, 3.8) is 0 Å². The fraction of sp³-hybridized carbons (Fsp3) is 0.800. The van der Waals surface area contributed by atoms with Crippen LogP contribution in [-0.2, 0) is 13.0 Å². The first-order chi connectivity index (χ1) is 9.06. The monoisotopic (exact) mass is 283 g/mol. The van der Waals surface area contributed by atoms with Crippen LogP contribution >= 0.6 is 11.8 Å². The molecule has 0 aromatic carbocycles. The Hall–Kier alpha value is -0.480. The van der Waals surface area contributed by atoms with Crippen LogP contribution in [0.3, 0.4) is 0 Å². The molecule has 0 aliphatic heterocycles. The molecule has 1 rings (SSSR count). The summed E-state index contributed by atoms with van der Waals surface area (Å²) in [6, 6.07) is 0.557. The van der Waals surface area contributed by atoms with E-state index in [-0.39, 0.29) is 0 Å². The normalized spacial score (nSPS) is 11.5. The maximum atomic E-state index is 4.69. The van der Waals surface area contributed by atoms with Gasteiger partial charge in [0.1, 0.15) is 0 Å². The van der Waals surface area contributed by atoms with Crippen LogP contribution in [0.15, 0.2) is 0 Å². The van der Waals surface area contributed by atoms with Gasteiger partial charge in [-0.25, -0.2) is 0 Å². The molecule has 0 radical (unpaired) electrons. The molecule has 0 aliphatic carbocycles. The lowest BCUT2D eigenvalue weighted by Gasteiger charge is -2.08. The zero-order chi connectivity index (χ0) is 14.3. The third-order valence-corrected chi connectivity index (χ3v) is 4.31. The van der Waals surface area contributed by atoms with Crippen molar-refractivity contribution in [3.8, 4) is 0 Å². The predicted octanol–water partition coefficient (Wildman–Crippen LogP) is 3.18. The first-order valence-electron chi connectivity index (χ1n) is 7.40. The van der Waals surface area contributed by atoms with Crippen LogP contribution in [0, 0.1) is 13.8 Å². The maximum Gasteiger partial charge on any atom is 0.0628 e. The molecular weight excluding hydrogens is 254 g/mol. The van der Waals surface area contributed by atoms with Gasteiger partial charge in [0.25, 0.3) is 0 Å². The van der Waals surface area contributed by atoms with Gasteiger partial charge in [-0.1, -0.05) is 20.8 Å². The van der Waals surface area contributed by atoms with E-state index in [0.717, 1.165) is 19.5 Å². The van der Waals surface area contributed by atoms with Gasteiger partial charge >= 0.3 is 0 Å². The Balaban J connectivity index is 2.51. The Morgan fingerprint density at radius 2 is 2.05 bits per heavy atom. The molecule has 1 aromatic rings. The van der Waals surface area contributed by atoms with E-state index < -0.39 is 0 Å². The standard InChI is InChI=1S/C15H29N3S/c1-6-19-11-7-10-18-14(5)15(13(4)17-18)8-9-16-12(2)3/h12,16H,6-11H2,1-5H3. The Morgan fingerprint density at radius 3 is 2.68 bits per heavy atom. The van der Waals surface area contributed by atoms with Gasteiger partial charge in [0.05, 0.1) is 5.69 Å². The first kappa shape index (κ1) is 16.6. The van der Waals surface area contributed by atoms with Crippen molar-refractivity contribution in [1.29, 1.82) is 0 Å². The highest BCUT2D eigenvalue weighted by Crippen LogP contribution is 2.14. The van der Waals surface area contributed by atoms with Crippen LogP contribution in [0.2, 0.25) is 0 Å². The summed E-state index contributed by atoms with van der Waals surface area (Å²) in [7, 11) is 0. The predicted molar refractivity (Wildman–Crippen MR) is 86.2 cm³/mol. The summed E-state index contributed by atoms with van der Waals surface area (Å²) in [6.45, 7) is 13.0. The van der Waals surface area contributed by atoms with Crippen LogP contribution < -0.4 is 5.32 Å². The van der Waals surface area contributed by atoms with Crippen LogP contribution in [0.5, 0.6) is 0 Å². The van der Waals surface area contributed by atoms with E-state index in [1.54, 1.807) is 0 Å². The van der Waals surface area contributed by atoms with E-state index in [4.69, 9.17) is 0 Å². The summed E-state index contributed by atoms with van der Waals surface area (Å²) < 4.78 is 2.19. The minimum atomic E-state index is 0.557. The molecule has 0 saturated carbocycles. The minimum absolute atomic E-state index is 0.557. The lowest BCUT2D eigenvalue weighted by Crippen LogP contribution is -2.25. The molecule has 0 spiro atoms. The minimum Gasteiger partial charge on any atom is -0.314 e. The summed E-state index contributed by atoms with van der Waals surface area (Å²) in [5.41, 5.74) is 3.98. The highest BCUT2D eigenvalue weighted by Gasteiger charge is 2.10. The fourth-order valence-corrected chi connectivity index (χ4v) is 2.88. The number of aryl methyl sites for hydroxylation is 2. The van der Waals surface area contributed by atoms with E-state index in [1.807, 2.05) is 11.8 Å². The molecule has 0 amide bonds. The maximum absolute atomic E-state index is 4.69. The molecule has 0 atom stereocenters. The SMILES string of the molecule is CCSCCCn1nc(C)c(CCNC(C)C)c1C. The van der Waals surface area contributed by atoms with Crippen molar-refractivity contribution in [2.24, 2.45) is 0 Å². The van der Waals surface area contributed by atoms with E-state index in [1.165, 1.54) is 34.9 Å². The summed E-state index contributed by atoms with van der Waals surface area (Å²) in [6.07, 6.45) is 2.30. The Kier molecular flexibility index (Phi) is 7.54. The number of aromatic nitrogens is 2.